The van der Waals surface area contributed by atoms with E-state index >= 15 is 0 Å². The van der Waals surface area contributed by atoms with E-state index in [1.165, 1.54) is 12.0 Å². The third kappa shape index (κ3) is 3.38. The van der Waals surface area contributed by atoms with Crippen molar-refractivity contribution in [2.75, 3.05) is 20.1 Å². The Morgan fingerprint density at radius 3 is 2.95 bits per heavy atom. The van der Waals surface area contributed by atoms with Crippen molar-refractivity contribution >= 4 is 0 Å². The van der Waals surface area contributed by atoms with Crippen molar-refractivity contribution in [2.45, 2.75) is 25.6 Å². The number of hydrogen-bond acceptors (Lipinski definition) is 5. The van der Waals surface area contributed by atoms with Gasteiger partial charge in [-0.2, -0.15) is 0 Å². The van der Waals surface area contributed by atoms with Gasteiger partial charge in [-0.15, -0.1) is 0 Å². The molecule has 1 aliphatic rings. The van der Waals surface area contributed by atoms with Crippen molar-refractivity contribution < 1.29 is 9.52 Å². The predicted molar refractivity (Wildman–Crippen MR) is 84.1 cm³/mol. The lowest BCUT2D eigenvalue weighted by atomic mass is 9.95. The number of hydrogen-bond donors (Lipinski definition) is 2. The number of nitrogens with zero attached hydrogens (tertiary/aromatic N) is 2. The lowest BCUT2D eigenvalue weighted by Crippen LogP contribution is -2.28. The molecule has 0 aliphatic carbocycles. The number of aromatic nitrogens is 1. The molecule has 0 bridgehead atoms. The number of furan rings is 1. The molecule has 22 heavy (non-hydrogen) atoms. The van der Waals surface area contributed by atoms with Gasteiger partial charge in [0.1, 0.15) is 18.1 Å². The van der Waals surface area contributed by atoms with Gasteiger partial charge in [0.05, 0.1) is 6.54 Å². The fourth-order valence-corrected chi connectivity index (χ4v) is 3.30. The Balaban J connectivity index is 1.57. The number of aliphatic hydroxyl groups excluding tert-OH is 1. The molecule has 2 aromatic heterocycles. The number of rotatable bonds is 6. The molecule has 3 rings (SSSR count). The highest BCUT2D eigenvalue weighted by Gasteiger charge is 2.32. The average molecular weight is 301 g/mol. The molecular weight excluding hydrogens is 278 g/mol. The molecule has 1 aliphatic heterocycles. The molecule has 0 amide bonds. The van der Waals surface area contributed by atoms with Crippen molar-refractivity contribution in [2.24, 2.45) is 5.92 Å². The zero-order valence-electron chi connectivity index (χ0n) is 12.9. The van der Waals surface area contributed by atoms with Crippen LogP contribution in [0.3, 0.4) is 0 Å². The summed E-state index contributed by atoms with van der Waals surface area (Å²) in [6, 6.07) is 8.32. The van der Waals surface area contributed by atoms with Crippen molar-refractivity contribution in [1.29, 1.82) is 0 Å². The fourth-order valence-electron chi connectivity index (χ4n) is 3.30. The van der Waals surface area contributed by atoms with Gasteiger partial charge in [-0.25, -0.2) is 0 Å². The second-order valence-electron chi connectivity index (χ2n) is 5.92. The second-order valence-corrected chi connectivity index (χ2v) is 5.92. The summed E-state index contributed by atoms with van der Waals surface area (Å²) in [5.74, 6) is 2.06. The van der Waals surface area contributed by atoms with Crippen LogP contribution in [-0.4, -0.2) is 35.1 Å². The summed E-state index contributed by atoms with van der Waals surface area (Å²) in [5.41, 5.74) is 1.29. The topological polar surface area (TPSA) is 61.5 Å². The van der Waals surface area contributed by atoms with Crippen LogP contribution >= 0.6 is 0 Å². The minimum atomic E-state index is -0.0451. The Bertz CT molecular complexity index is 585. The molecule has 2 N–H and O–H groups in total. The first-order valence-corrected chi connectivity index (χ1v) is 7.77. The van der Waals surface area contributed by atoms with E-state index in [9.17, 15) is 0 Å². The van der Waals surface area contributed by atoms with Crippen molar-refractivity contribution in [3.63, 3.8) is 0 Å². The summed E-state index contributed by atoms with van der Waals surface area (Å²) >= 11 is 0. The molecular formula is C17H23N3O2. The maximum absolute atomic E-state index is 9.01. The van der Waals surface area contributed by atoms with E-state index in [1.54, 1.807) is 0 Å². The van der Waals surface area contributed by atoms with Crippen LogP contribution in [0.15, 0.2) is 41.1 Å². The van der Waals surface area contributed by atoms with Gasteiger partial charge in [0.2, 0.25) is 0 Å². The van der Waals surface area contributed by atoms with E-state index in [4.69, 9.17) is 9.52 Å². The summed E-state index contributed by atoms with van der Waals surface area (Å²) in [6.45, 7) is 2.71. The van der Waals surface area contributed by atoms with Crippen LogP contribution in [0.5, 0.6) is 0 Å². The van der Waals surface area contributed by atoms with Crippen LogP contribution in [0.4, 0.5) is 0 Å². The Kier molecular flexibility index (Phi) is 4.87. The summed E-state index contributed by atoms with van der Waals surface area (Å²) in [7, 11) is 2.18. The van der Waals surface area contributed by atoms with E-state index in [-0.39, 0.29) is 6.61 Å². The molecule has 118 valence electrons. The SMILES string of the molecule is CN1CC[C@@H](CNCc2ccc(CO)o2)[C@@H]1c1cccnc1. The van der Waals surface area contributed by atoms with Gasteiger partial charge in [0.25, 0.3) is 0 Å². The molecule has 0 unspecified atom stereocenters. The fraction of sp³-hybridized carbons (Fsp3) is 0.471. The van der Waals surface area contributed by atoms with Gasteiger partial charge >= 0.3 is 0 Å². The van der Waals surface area contributed by atoms with E-state index in [0.717, 1.165) is 18.8 Å². The monoisotopic (exact) mass is 301 g/mol. The van der Waals surface area contributed by atoms with Crippen LogP contribution < -0.4 is 5.32 Å². The number of likely N-dealkylation sites (tertiary alicyclic amines) is 1. The van der Waals surface area contributed by atoms with Gasteiger partial charge < -0.3 is 14.8 Å². The van der Waals surface area contributed by atoms with E-state index in [1.807, 2.05) is 30.6 Å². The largest absolute Gasteiger partial charge is 0.462 e. The highest BCUT2D eigenvalue weighted by Crippen LogP contribution is 2.35. The third-order valence-corrected chi connectivity index (χ3v) is 4.38. The number of aliphatic hydroxyl groups is 1. The minimum Gasteiger partial charge on any atom is -0.462 e. The van der Waals surface area contributed by atoms with Crippen LogP contribution in [0.25, 0.3) is 0 Å². The maximum atomic E-state index is 9.01. The lowest BCUT2D eigenvalue weighted by molar-refractivity contribution is 0.241. The number of pyridine rings is 1. The average Bonchev–Trinajstić information content (AvgIpc) is 3.15. The first-order valence-electron chi connectivity index (χ1n) is 7.77. The van der Waals surface area contributed by atoms with Crippen LogP contribution in [0.1, 0.15) is 29.5 Å². The van der Waals surface area contributed by atoms with Gasteiger partial charge in [-0.3, -0.25) is 9.88 Å². The molecule has 0 saturated carbocycles. The third-order valence-electron chi connectivity index (χ3n) is 4.38. The summed E-state index contributed by atoms with van der Waals surface area (Å²) in [5, 5.41) is 12.5. The number of nitrogens with one attached hydrogen (secondary N) is 1. The Morgan fingerprint density at radius 2 is 2.23 bits per heavy atom. The minimum absolute atomic E-state index is 0.0451. The molecule has 0 radical (unpaired) electrons. The first kappa shape index (κ1) is 15.2. The quantitative estimate of drug-likeness (QED) is 0.854. The molecule has 2 atom stereocenters. The highest BCUT2D eigenvalue weighted by molar-refractivity contribution is 5.17. The van der Waals surface area contributed by atoms with E-state index in [2.05, 4.69) is 28.3 Å². The van der Waals surface area contributed by atoms with Gasteiger partial charge in [0, 0.05) is 25.0 Å². The second kappa shape index (κ2) is 7.05. The van der Waals surface area contributed by atoms with Gasteiger partial charge in [-0.05, 0) is 49.7 Å². The Morgan fingerprint density at radius 1 is 1.36 bits per heavy atom. The molecule has 5 nitrogen and oxygen atoms in total. The van der Waals surface area contributed by atoms with Crippen LogP contribution in [0.2, 0.25) is 0 Å². The van der Waals surface area contributed by atoms with Crippen molar-refractivity contribution in [1.82, 2.24) is 15.2 Å². The summed E-state index contributed by atoms with van der Waals surface area (Å²) in [4.78, 5) is 6.66. The molecule has 2 aromatic rings. The van der Waals surface area contributed by atoms with Crippen molar-refractivity contribution in [3.05, 3.63) is 53.7 Å². The summed E-state index contributed by atoms with van der Waals surface area (Å²) in [6.07, 6.45) is 4.98. The predicted octanol–water partition coefficient (Wildman–Crippen LogP) is 1.95. The summed E-state index contributed by atoms with van der Waals surface area (Å²) < 4.78 is 5.50. The van der Waals surface area contributed by atoms with E-state index in [0.29, 0.717) is 24.3 Å². The van der Waals surface area contributed by atoms with Crippen molar-refractivity contribution in [3.8, 4) is 0 Å². The zero-order valence-corrected chi connectivity index (χ0v) is 12.9. The smallest absolute Gasteiger partial charge is 0.129 e. The lowest BCUT2D eigenvalue weighted by Gasteiger charge is -2.25. The van der Waals surface area contributed by atoms with Gasteiger partial charge in [0.15, 0.2) is 0 Å². The van der Waals surface area contributed by atoms with E-state index < -0.39 is 0 Å². The molecule has 1 fully saturated rings. The first-order chi connectivity index (χ1) is 10.8. The molecule has 5 heteroatoms. The van der Waals surface area contributed by atoms with Crippen LogP contribution in [0, 0.1) is 5.92 Å². The molecule has 0 aromatic carbocycles. The van der Waals surface area contributed by atoms with Crippen LogP contribution in [-0.2, 0) is 13.2 Å². The standard InChI is InChI=1S/C17H23N3O2/c1-20-8-6-14(17(20)13-3-2-7-18-9-13)10-19-11-15-4-5-16(12-21)22-15/h2-5,7,9,14,17,19,21H,6,8,10-12H2,1H3/t14-,17-/m0/s1. The highest BCUT2D eigenvalue weighted by atomic mass is 16.4. The zero-order chi connectivity index (χ0) is 15.4. The normalized spacial score (nSPS) is 22.3. The maximum Gasteiger partial charge on any atom is 0.129 e. The molecule has 3 heterocycles. The molecule has 1 saturated heterocycles. The Labute approximate surface area is 131 Å². The molecule has 0 spiro atoms. The Hall–Kier alpha value is -1.69. The van der Waals surface area contributed by atoms with Gasteiger partial charge in [-0.1, -0.05) is 6.07 Å².